The maximum atomic E-state index is 13.9. The molecule has 87 heavy (non-hydrogen) atoms. The van der Waals surface area contributed by atoms with Crippen LogP contribution in [-0.4, -0.2) is 97.7 Å². The number of carbonyl (C=O) groups is 1. The van der Waals surface area contributed by atoms with Crippen LogP contribution < -0.4 is 0 Å². The first-order valence-corrected chi connectivity index (χ1v) is 29.4. The molecule has 0 spiro atoms. The standard InChI is InChI=1S/C71H73N3O13/c72-74-73-59(70(76)85-48-58-39-23-8-24-40-58)49-84-63-61(75)64(67(81-45-55-33-17-5-18-34-55)68(82-46-56-35-19-6-20-36-56)66(63)80-44-54-31-15-4-16-32-54)87-71-69(83-47-57-37-21-7-22-38-57)65(79-43-53-29-13-3-14-30-53)62(78-42-52-27-11-2-12-28-52)60(86-71)50-77-41-51-25-9-1-10-26-51/h1-40,59-69,71,75H,41-50H2/t59-,60+,61+,62+,63+,64+,65-,66-,67+,68+,69-,71+/m0/s1. The van der Waals surface area contributed by atoms with Gasteiger partial charge in [-0.3, -0.25) is 4.79 Å². The second-order valence-electron chi connectivity index (χ2n) is 21.3. The van der Waals surface area contributed by atoms with Crippen LogP contribution in [0.2, 0.25) is 0 Å². The van der Waals surface area contributed by atoms with Gasteiger partial charge in [0.2, 0.25) is 0 Å². The topological polar surface area (TPSA) is 188 Å². The summed E-state index contributed by atoms with van der Waals surface area (Å²) < 4.78 is 76.0. The molecule has 1 aliphatic carbocycles. The van der Waals surface area contributed by atoms with E-state index in [1.54, 1.807) is 0 Å². The minimum Gasteiger partial charge on any atom is -0.460 e. The van der Waals surface area contributed by atoms with E-state index in [4.69, 9.17) is 52.1 Å². The van der Waals surface area contributed by atoms with Crippen LogP contribution in [0.15, 0.2) is 248 Å². The van der Waals surface area contributed by atoms with E-state index in [1.807, 2.05) is 243 Å². The lowest BCUT2D eigenvalue weighted by molar-refractivity contribution is -0.363. The monoisotopic (exact) mass is 1180 g/mol. The summed E-state index contributed by atoms with van der Waals surface area (Å²) in [5.41, 5.74) is 16.8. The number of esters is 1. The fourth-order valence-electron chi connectivity index (χ4n) is 10.6. The fourth-order valence-corrected chi connectivity index (χ4v) is 10.6. The van der Waals surface area contributed by atoms with Crippen molar-refractivity contribution in [2.75, 3.05) is 13.2 Å². The highest BCUT2D eigenvalue weighted by molar-refractivity contribution is 5.76. The van der Waals surface area contributed by atoms with Crippen molar-refractivity contribution in [1.29, 1.82) is 0 Å². The molecule has 1 heterocycles. The van der Waals surface area contributed by atoms with Crippen LogP contribution in [0.25, 0.3) is 10.4 Å². The van der Waals surface area contributed by atoms with Crippen molar-refractivity contribution in [3.8, 4) is 0 Å². The van der Waals surface area contributed by atoms with Gasteiger partial charge in [-0.1, -0.05) is 248 Å². The number of aliphatic hydroxyl groups excluding tert-OH is 1. The van der Waals surface area contributed by atoms with Crippen molar-refractivity contribution in [1.82, 2.24) is 0 Å². The molecular formula is C71H73N3O13. The highest BCUT2D eigenvalue weighted by Gasteiger charge is 2.57. The van der Waals surface area contributed by atoms with E-state index < -0.39 is 85.9 Å². The molecule has 16 heteroatoms. The summed E-state index contributed by atoms with van der Waals surface area (Å²) in [7, 11) is 0. The lowest BCUT2D eigenvalue weighted by Gasteiger charge is -2.51. The van der Waals surface area contributed by atoms with Gasteiger partial charge in [0.05, 0.1) is 59.5 Å². The maximum absolute atomic E-state index is 13.9. The number of rotatable bonds is 31. The van der Waals surface area contributed by atoms with Gasteiger partial charge in [-0.15, -0.1) is 0 Å². The van der Waals surface area contributed by atoms with Crippen LogP contribution in [0.4, 0.5) is 0 Å². The van der Waals surface area contributed by atoms with E-state index in [2.05, 4.69) is 10.0 Å². The number of carbonyl (C=O) groups excluding carboxylic acids is 1. The SMILES string of the molecule is [N-]=[N+]=N[C@@H](CO[C@@H]1[C@@H](O)[C@@H](O[C@H]2O[C@H](COCc3ccccc3)[C@@H](OCc3ccccc3)[C@H](OCc3ccccc3)[C@@H]2OCc2ccccc2)[C@@H](OCc2ccccc2)[C@H](OCc2ccccc2)[C@H]1OCc1ccccc1)C(=O)OCc1ccccc1. The largest absolute Gasteiger partial charge is 0.460 e. The third-order valence-electron chi connectivity index (χ3n) is 15.1. The summed E-state index contributed by atoms with van der Waals surface area (Å²) in [5.74, 6) is -0.836. The molecule has 0 radical (unpaired) electrons. The van der Waals surface area contributed by atoms with Crippen molar-refractivity contribution in [3.05, 3.63) is 298 Å². The van der Waals surface area contributed by atoms with Gasteiger partial charge in [-0.2, -0.15) is 0 Å². The molecule has 12 atom stereocenters. The van der Waals surface area contributed by atoms with Crippen LogP contribution in [0.1, 0.15) is 44.5 Å². The summed E-state index contributed by atoms with van der Waals surface area (Å²) in [6.45, 7) is 0.315. The van der Waals surface area contributed by atoms with Crippen molar-refractivity contribution >= 4 is 5.97 Å². The molecule has 8 aromatic carbocycles. The average molecular weight is 1180 g/mol. The third kappa shape index (κ3) is 18.3. The van der Waals surface area contributed by atoms with Crippen molar-refractivity contribution < 1.29 is 62.0 Å². The number of azide groups is 1. The zero-order chi connectivity index (χ0) is 59.7. The number of ether oxygens (including phenoxy) is 11. The fraction of sp³-hybridized carbons (Fsp3) is 0.310. The molecule has 0 aromatic heterocycles. The molecule has 2 aliphatic rings. The van der Waals surface area contributed by atoms with Gasteiger partial charge in [0.1, 0.15) is 67.6 Å². The Morgan fingerprint density at radius 2 is 0.713 bits per heavy atom. The van der Waals surface area contributed by atoms with Crippen LogP contribution in [-0.2, 0) is 110 Å². The highest BCUT2D eigenvalue weighted by Crippen LogP contribution is 2.39. The molecule has 1 saturated carbocycles. The molecule has 450 valence electrons. The van der Waals surface area contributed by atoms with Gasteiger partial charge in [0.15, 0.2) is 12.3 Å². The Morgan fingerprint density at radius 1 is 0.402 bits per heavy atom. The van der Waals surface area contributed by atoms with E-state index in [0.29, 0.717) is 0 Å². The van der Waals surface area contributed by atoms with Gasteiger partial charge in [-0.25, -0.2) is 0 Å². The normalized spacial score (nSPS) is 23.0. The Kier molecular flexibility index (Phi) is 23.8. The number of benzene rings is 8. The molecule has 0 amide bonds. The third-order valence-corrected chi connectivity index (χ3v) is 15.1. The summed E-state index contributed by atoms with van der Waals surface area (Å²) in [6.07, 6.45) is -12.7. The number of hydrogen-bond acceptors (Lipinski definition) is 14. The maximum Gasteiger partial charge on any atom is 0.317 e. The Labute approximate surface area is 508 Å². The van der Waals surface area contributed by atoms with Gasteiger partial charge in [0, 0.05) is 4.91 Å². The van der Waals surface area contributed by atoms with E-state index >= 15 is 0 Å². The lowest BCUT2D eigenvalue weighted by atomic mass is 9.83. The quantitative estimate of drug-likeness (QED) is 0.0187. The van der Waals surface area contributed by atoms with Crippen LogP contribution >= 0.6 is 0 Å². The molecule has 10 rings (SSSR count). The van der Waals surface area contributed by atoms with Crippen molar-refractivity contribution in [2.24, 2.45) is 5.11 Å². The average Bonchev–Trinajstić information content (AvgIpc) is 1.66. The van der Waals surface area contributed by atoms with Crippen molar-refractivity contribution in [2.45, 2.75) is 126 Å². The number of hydrogen-bond donors (Lipinski definition) is 1. The lowest BCUT2D eigenvalue weighted by Crippen LogP contribution is -2.69. The molecule has 0 bridgehead atoms. The Morgan fingerprint density at radius 3 is 1.09 bits per heavy atom. The Bertz CT molecular complexity index is 3270. The van der Waals surface area contributed by atoms with E-state index in [0.717, 1.165) is 44.5 Å². The summed E-state index contributed by atoms with van der Waals surface area (Å²) >= 11 is 0. The molecule has 8 aromatic rings. The Balaban J connectivity index is 1.07. The second kappa shape index (κ2) is 33.3. The van der Waals surface area contributed by atoms with E-state index in [9.17, 15) is 15.4 Å². The summed E-state index contributed by atoms with van der Waals surface area (Å²) in [4.78, 5) is 16.9. The first-order chi connectivity index (χ1) is 43.0. The minimum absolute atomic E-state index is 0.0249. The zero-order valence-corrected chi connectivity index (χ0v) is 48.3. The van der Waals surface area contributed by atoms with Gasteiger partial charge in [0.25, 0.3) is 0 Å². The van der Waals surface area contributed by atoms with Crippen LogP contribution in [0, 0.1) is 0 Å². The predicted octanol–water partition coefficient (Wildman–Crippen LogP) is 12.0. The molecule has 1 saturated heterocycles. The number of aliphatic hydroxyl groups is 1. The van der Waals surface area contributed by atoms with Gasteiger partial charge in [-0.05, 0) is 50.0 Å². The first kappa shape index (κ1) is 62.2. The minimum atomic E-state index is -1.64. The first-order valence-electron chi connectivity index (χ1n) is 29.4. The summed E-state index contributed by atoms with van der Waals surface area (Å²) in [6, 6.07) is 75.8. The highest BCUT2D eigenvalue weighted by atomic mass is 16.7. The Hall–Kier alpha value is -7.90. The van der Waals surface area contributed by atoms with Crippen LogP contribution in [0.3, 0.4) is 0 Å². The molecule has 0 unspecified atom stereocenters. The van der Waals surface area contributed by atoms with Crippen molar-refractivity contribution in [3.63, 3.8) is 0 Å². The smallest absolute Gasteiger partial charge is 0.317 e. The summed E-state index contributed by atoms with van der Waals surface area (Å²) in [5, 5.41) is 17.3. The van der Waals surface area contributed by atoms with Gasteiger partial charge < -0.3 is 57.2 Å². The molecule has 1 aliphatic heterocycles. The van der Waals surface area contributed by atoms with E-state index in [1.165, 1.54) is 0 Å². The molecular weight excluding hydrogens is 1100 g/mol. The van der Waals surface area contributed by atoms with E-state index in [-0.39, 0.29) is 59.5 Å². The molecule has 2 fully saturated rings. The second-order valence-corrected chi connectivity index (χ2v) is 21.3. The number of nitrogens with zero attached hydrogens (tertiary/aromatic N) is 3. The van der Waals surface area contributed by atoms with Crippen LogP contribution in [0.5, 0.6) is 0 Å². The zero-order valence-electron chi connectivity index (χ0n) is 48.3. The molecule has 16 nitrogen and oxygen atoms in total. The van der Waals surface area contributed by atoms with Gasteiger partial charge >= 0.3 is 5.97 Å². The molecule has 1 N–H and O–H groups in total. The predicted molar refractivity (Wildman–Crippen MR) is 325 cm³/mol.